The molecule has 2 aromatic heterocycles. The number of amides is 3. The van der Waals surface area contributed by atoms with Gasteiger partial charge in [-0.05, 0) is 66.9 Å². The van der Waals surface area contributed by atoms with Crippen LogP contribution in [0.5, 0.6) is 0 Å². The molecule has 6 aromatic rings. The van der Waals surface area contributed by atoms with Crippen LogP contribution < -0.4 is 5.73 Å². The third-order valence-electron chi connectivity index (χ3n) is 9.00. The second kappa shape index (κ2) is 14.5. The van der Waals surface area contributed by atoms with Crippen molar-refractivity contribution >= 4 is 38.6 Å². The van der Waals surface area contributed by atoms with Gasteiger partial charge in [-0.3, -0.25) is 14.4 Å². The van der Waals surface area contributed by atoms with Crippen LogP contribution in [0.3, 0.4) is 0 Å². The average molecular weight is 703 g/mol. The Hall–Kier alpha value is -5.94. The summed E-state index contributed by atoms with van der Waals surface area (Å²) >= 11 is 0. The first-order chi connectivity index (χ1) is 24.4. The number of rotatable bonds is 12. The molecule has 0 saturated heterocycles. The lowest BCUT2D eigenvalue weighted by molar-refractivity contribution is -0.137. The molecule has 0 radical (unpaired) electrons. The first-order valence-corrected chi connectivity index (χ1v) is 17.8. The number of carbonyl (C=O) groups is 3. The maximum Gasteiger partial charge on any atom is 0.267 e. The van der Waals surface area contributed by atoms with Gasteiger partial charge in [-0.2, -0.15) is 0 Å². The van der Waals surface area contributed by atoms with Gasteiger partial charge in [-0.25, -0.2) is 12.7 Å². The van der Waals surface area contributed by atoms with Crippen molar-refractivity contribution in [2.24, 2.45) is 5.73 Å². The second-order valence-corrected chi connectivity index (χ2v) is 14.5. The van der Waals surface area contributed by atoms with Crippen molar-refractivity contribution in [3.05, 3.63) is 150 Å². The molecule has 0 aliphatic carbocycles. The summed E-state index contributed by atoms with van der Waals surface area (Å²) in [5.41, 5.74) is 11.8. The lowest BCUT2D eigenvalue weighted by atomic mass is 9.98. The SMILES string of the molecule is Cc1cc(C)cc(C(=O)N(C)[C@@H](Cc2ccc(-c3ccoc3)cc2)C(=O)N([C@@H](Cc2c[nH]c3ccccc23)C(N)=O)S(=O)(=O)c2ccccc2)c1. The molecule has 0 fully saturated rings. The highest BCUT2D eigenvalue weighted by Crippen LogP contribution is 2.28. The van der Waals surface area contributed by atoms with Gasteiger partial charge >= 0.3 is 0 Å². The highest BCUT2D eigenvalue weighted by molar-refractivity contribution is 7.89. The number of hydrogen-bond acceptors (Lipinski definition) is 6. The van der Waals surface area contributed by atoms with Crippen LogP contribution >= 0.6 is 0 Å². The molecule has 2 atom stereocenters. The number of carbonyl (C=O) groups excluding carboxylic acids is 3. The maximum absolute atomic E-state index is 15.1. The summed E-state index contributed by atoms with van der Waals surface area (Å²) in [6.07, 6.45) is 4.60. The first kappa shape index (κ1) is 34.9. The zero-order valence-corrected chi connectivity index (χ0v) is 29.3. The minimum absolute atomic E-state index is 0.0586. The third-order valence-corrected chi connectivity index (χ3v) is 10.8. The molecular formula is C40H38N4O6S. The fourth-order valence-corrected chi connectivity index (χ4v) is 8.02. The number of H-pyrrole nitrogens is 1. The standard InChI is InChI=1S/C40H38N4O6S/c1-26-19-27(2)21-31(20-26)39(46)43(3)37(22-28-13-15-29(16-14-28)30-17-18-50-25-30)40(47)44(51(48,49)33-9-5-4-6-10-33)36(38(41)45)23-32-24-42-35-12-8-7-11-34(32)35/h4-21,24-25,36-37,42H,22-23H2,1-3H3,(H2,41,45)/t36-,37-/m0/s1. The summed E-state index contributed by atoms with van der Waals surface area (Å²) in [5, 5.41) is 0.754. The van der Waals surface area contributed by atoms with Crippen LogP contribution in [0.1, 0.15) is 32.6 Å². The van der Waals surface area contributed by atoms with Crippen molar-refractivity contribution in [2.45, 2.75) is 43.7 Å². The number of benzene rings is 4. The second-order valence-electron chi connectivity index (χ2n) is 12.7. The van der Waals surface area contributed by atoms with E-state index in [2.05, 4.69) is 4.98 Å². The van der Waals surface area contributed by atoms with E-state index < -0.39 is 39.8 Å². The Morgan fingerprint density at radius 3 is 2.12 bits per heavy atom. The number of aromatic amines is 1. The lowest BCUT2D eigenvalue weighted by Gasteiger charge is -2.35. The van der Waals surface area contributed by atoms with Gasteiger partial charge in [0.2, 0.25) is 5.91 Å². The van der Waals surface area contributed by atoms with E-state index in [4.69, 9.17) is 10.2 Å². The van der Waals surface area contributed by atoms with E-state index in [-0.39, 0.29) is 17.7 Å². The van der Waals surface area contributed by atoms with Crippen molar-refractivity contribution < 1.29 is 27.2 Å². The molecule has 0 bridgehead atoms. The molecule has 0 saturated carbocycles. The number of aryl methyl sites for hydroxylation is 2. The Balaban J connectivity index is 1.47. The van der Waals surface area contributed by atoms with E-state index in [9.17, 15) is 18.0 Å². The Bertz CT molecular complexity index is 2280. The molecule has 51 heavy (non-hydrogen) atoms. The van der Waals surface area contributed by atoms with Crippen LogP contribution in [-0.4, -0.2) is 59.5 Å². The van der Waals surface area contributed by atoms with Crippen LogP contribution in [-0.2, 0) is 32.5 Å². The van der Waals surface area contributed by atoms with E-state index in [0.717, 1.165) is 33.2 Å². The van der Waals surface area contributed by atoms with Crippen LogP contribution in [0.4, 0.5) is 0 Å². The number of para-hydroxylation sites is 1. The zero-order valence-electron chi connectivity index (χ0n) is 28.4. The number of likely N-dealkylation sites (N-methyl/N-ethyl adjacent to an activating group) is 1. The molecule has 3 N–H and O–H groups in total. The Labute approximate surface area is 296 Å². The van der Waals surface area contributed by atoms with Gasteiger partial charge in [0, 0.05) is 48.1 Å². The van der Waals surface area contributed by atoms with Crippen molar-refractivity contribution in [1.29, 1.82) is 0 Å². The smallest absolute Gasteiger partial charge is 0.267 e. The molecule has 0 spiro atoms. The summed E-state index contributed by atoms with van der Waals surface area (Å²) in [4.78, 5) is 46.8. The van der Waals surface area contributed by atoms with Gasteiger partial charge in [-0.1, -0.05) is 77.9 Å². The van der Waals surface area contributed by atoms with E-state index in [0.29, 0.717) is 21.0 Å². The summed E-state index contributed by atoms with van der Waals surface area (Å²) in [6.45, 7) is 3.73. The number of fused-ring (bicyclic) bond motifs is 1. The van der Waals surface area contributed by atoms with Crippen LogP contribution in [0, 0.1) is 13.8 Å². The highest BCUT2D eigenvalue weighted by Gasteiger charge is 2.44. The first-order valence-electron chi connectivity index (χ1n) is 16.4. The summed E-state index contributed by atoms with van der Waals surface area (Å²) in [6, 6.07) is 26.3. The van der Waals surface area contributed by atoms with Crippen molar-refractivity contribution in [2.75, 3.05) is 7.05 Å². The van der Waals surface area contributed by atoms with Crippen molar-refractivity contribution in [3.63, 3.8) is 0 Å². The number of primary amides is 1. The predicted molar refractivity (Wildman–Crippen MR) is 195 cm³/mol. The molecule has 260 valence electrons. The topological polar surface area (TPSA) is 147 Å². The maximum atomic E-state index is 15.1. The fraction of sp³-hybridized carbons (Fsp3) is 0.175. The predicted octanol–water partition coefficient (Wildman–Crippen LogP) is 6.04. The van der Waals surface area contributed by atoms with Crippen LogP contribution in [0.25, 0.3) is 22.0 Å². The molecule has 0 aliphatic heterocycles. The molecule has 3 amide bonds. The molecule has 10 nitrogen and oxygen atoms in total. The molecule has 11 heteroatoms. The average Bonchev–Trinajstić information content (AvgIpc) is 3.81. The third kappa shape index (κ3) is 7.34. The normalized spacial score (nSPS) is 12.7. The Morgan fingerprint density at radius 1 is 0.804 bits per heavy atom. The number of furan rings is 1. The van der Waals surface area contributed by atoms with Gasteiger partial charge in [0.05, 0.1) is 17.4 Å². The number of nitrogens with two attached hydrogens (primary N) is 1. The minimum Gasteiger partial charge on any atom is -0.472 e. The summed E-state index contributed by atoms with van der Waals surface area (Å²) in [7, 11) is -3.22. The van der Waals surface area contributed by atoms with Gasteiger partial charge in [-0.15, -0.1) is 0 Å². The molecule has 2 heterocycles. The number of hydrogen-bond donors (Lipinski definition) is 2. The summed E-state index contributed by atoms with van der Waals surface area (Å²) < 4.78 is 35.0. The largest absolute Gasteiger partial charge is 0.472 e. The van der Waals surface area contributed by atoms with Crippen molar-refractivity contribution in [3.8, 4) is 11.1 Å². The van der Waals surface area contributed by atoms with Gasteiger partial charge in [0.25, 0.3) is 21.8 Å². The van der Waals surface area contributed by atoms with Gasteiger partial charge < -0.3 is 20.0 Å². The molecule has 0 aliphatic rings. The quantitative estimate of drug-likeness (QED) is 0.159. The van der Waals surface area contributed by atoms with Crippen LogP contribution in [0.2, 0.25) is 0 Å². The number of sulfonamides is 1. The zero-order chi connectivity index (χ0) is 36.3. The monoisotopic (exact) mass is 702 g/mol. The Kier molecular flexibility index (Phi) is 9.92. The molecule has 6 rings (SSSR count). The van der Waals surface area contributed by atoms with Crippen LogP contribution in [0.15, 0.2) is 131 Å². The van der Waals surface area contributed by atoms with E-state index in [1.54, 1.807) is 36.9 Å². The number of aromatic nitrogens is 1. The van der Waals surface area contributed by atoms with Gasteiger partial charge in [0.1, 0.15) is 12.1 Å². The highest BCUT2D eigenvalue weighted by atomic mass is 32.2. The molecule has 4 aromatic carbocycles. The van der Waals surface area contributed by atoms with E-state index in [1.807, 2.05) is 74.5 Å². The van der Waals surface area contributed by atoms with E-state index >= 15 is 4.79 Å². The molecule has 0 unspecified atom stereocenters. The number of nitrogens with zero attached hydrogens (tertiary/aromatic N) is 2. The van der Waals surface area contributed by atoms with E-state index in [1.165, 1.54) is 36.2 Å². The van der Waals surface area contributed by atoms with Crippen molar-refractivity contribution in [1.82, 2.24) is 14.2 Å². The number of nitrogens with one attached hydrogen (secondary N) is 1. The fourth-order valence-electron chi connectivity index (χ4n) is 6.42. The molecular weight excluding hydrogens is 665 g/mol. The van der Waals surface area contributed by atoms with Gasteiger partial charge in [0.15, 0.2) is 0 Å². The minimum atomic E-state index is -4.69. The Morgan fingerprint density at radius 2 is 1.47 bits per heavy atom. The summed E-state index contributed by atoms with van der Waals surface area (Å²) in [5.74, 6) is -2.47. The lowest BCUT2D eigenvalue weighted by Crippen LogP contribution is -2.58.